The van der Waals surface area contributed by atoms with E-state index in [-0.39, 0.29) is 31.0 Å². The van der Waals surface area contributed by atoms with Crippen molar-refractivity contribution in [3.8, 4) is 5.75 Å². The minimum atomic E-state index is -0.909. The Morgan fingerprint density at radius 3 is 2.82 bits per heavy atom. The second-order valence-electron chi connectivity index (χ2n) is 7.39. The number of hydrogen-bond donors (Lipinski definition) is 3. The summed E-state index contributed by atoms with van der Waals surface area (Å²) in [6.45, 7) is -0.630. The van der Waals surface area contributed by atoms with Gasteiger partial charge in [0.25, 0.3) is 0 Å². The van der Waals surface area contributed by atoms with Crippen molar-refractivity contribution < 1.29 is 33.6 Å². The van der Waals surface area contributed by atoms with Crippen molar-refractivity contribution in [2.45, 2.75) is 31.5 Å². The number of methoxy groups -OCH3 is 1. The van der Waals surface area contributed by atoms with Gasteiger partial charge in [0.1, 0.15) is 36.1 Å². The fraction of sp³-hybridized carbons (Fsp3) is 0.333. The zero-order valence-corrected chi connectivity index (χ0v) is 19.4. The van der Waals surface area contributed by atoms with Crippen LogP contribution in [0.4, 0.5) is 10.6 Å². The Morgan fingerprint density at radius 2 is 2.15 bits per heavy atom. The third-order valence-electron chi connectivity index (χ3n) is 5.22. The lowest BCUT2D eigenvalue weighted by molar-refractivity contribution is -0.0458. The van der Waals surface area contributed by atoms with Gasteiger partial charge in [-0.25, -0.2) is 14.4 Å². The molecule has 1 saturated heterocycles. The van der Waals surface area contributed by atoms with E-state index in [0.29, 0.717) is 21.2 Å². The number of nitrogens with zero attached hydrogens (tertiary/aromatic N) is 2. The van der Waals surface area contributed by atoms with Crippen molar-refractivity contribution in [3.05, 3.63) is 61.4 Å². The molecule has 3 atom stereocenters. The summed E-state index contributed by atoms with van der Waals surface area (Å²) in [7, 11) is 1.48. The molecule has 0 aliphatic carbocycles. The van der Waals surface area contributed by atoms with Crippen molar-refractivity contribution in [2.24, 2.45) is 0 Å². The Kier molecular flexibility index (Phi) is 6.97. The minimum Gasteiger partial charge on any atom is -0.495 e. The maximum absolute atomic E-state index is 12.3. The van der Waals surface area contributed by atoms with Gasteiger partial charge in [-0.2, -0.15) is 4.98 Å². The molecule has 34 heavy (non-hydrogen) atoms. The fourth-order valence-corrected chi connectivity index (χ4v) is 4.04. The Bertz CT molecular complexity index is 1340. The Morgan fingerprint density at radius 1 is 1.35 bits per heavy atom. The summed E-state index contributed by atoms with van der Waals surface area (Å²) in [5.74, 6) is 0.407. The number of fused-ring (bicyclic) bond motifs is 1. The molecule has 1 fully saturated rings. The molecule has 13 heteroatoms. The van der Waals surface area contributed by atoms with Crippen molar-refractivity contribution in [3.63, 3.8) is 0 Å². The number of anilines is 1. The summed E-state index contributed by atoms with van der Waals surface area (Å²) in [6, 6.07) is 5.79. The minimum absolute atomic E-state index is 0.0616. The number of hydrogen-bond acceptors (Lipinski definition) is 10. The van der Waals surface area contributed by atoms with E-state index in [2.05, 4.69) is 26.2 Å². The summed E-state index contributed by atoms with van der Waals surface area (Å²) >= 11 is 3.36. The standard InChI is InChI=1S/C21H20BrN3O9/c1-31-15-7-14-11(5-12(15)22)10(4-19(28)34-14)9-32-21(30)24-17-2-3-25(20(29)23-17)18-6-13(27)16(8-26)33-18/h2-5,7,13,16,18,26-27H,6,8-9H2,1H3,(H,23,24,29,30)/t13-,16+,18+/m0/s1. The van der Waals surface area contributed by atoms with E-state index in [1.807, 2.05) is 0 Å². The highest BCUT2D eigenvalue weighted by atomic mass is 79.9. The quantitative estimate of drug-likeness (QED) is 0.392. The molecule has 3 heterocycles. The number of benzene rings is 1. The third kappa shape index (κ3) is 4.97. The van der Waals surface area contributed by atoms with E-state index >= 15 is 0 Å². The second kappa shape index (κ2) is 9.93. The molecular weight excluding hydrogens is 518 g/mol. The van der Waals surface area contributed by atoms with Crippen molar-refractivity contribution >= 4 is 38.8 Å². The van der Waals surface area contributed by atoms with Crippen LogP contribution in [-0.4, -0.2) is 51.8 Å². The molecule has 1 amide bonds. The Hall–Kier alpha value is -3.26. The zero-order valence-electron chi connectivity index (χ0n) is 17.8. The topological polar surface area (TPSA) is 162 Å². The SMILES string of the molecule is COc1cc2oc(=O)cc(COC(=O)Nc3ccn([C@H]4C[C@H](O)[C@@H](CO)O4)c(=O)n3)c2cc1Br. The number of rotatable bonds is 6. The van der Waals surface area contributed by atoms with Gasteiger partial charge in [0.05, 0.1) is 24.3 Å². The Balaban J connectivity index is 1.44. The van der Waals surface area contributed by atoms with Gasteiger partial charge in [-0.3, -0.25) is 9.88 Å². The van der Waals surface area contributed by atoms with Crippen LogP contribution in [-0.2, 0) is 16.1 Å². The van der Waals surface area contributed by atoms with E-state index in [0.717, 1.165) is 4.57 Å². The maximum atomic E-state index is 12.3. The largest absolute Gasteiger partial charge is 0.495 e. The average molecular weight is 538 g/mol. The molecule has 0 saturated carbocycles. The van der Waals surface area contributed by atoms with Crippen molar-refractivity contribution in [1.82, 2.24) is 9.55 Å². The molecule has 4 rings (SSSR count). The molecule has 2 aromatic heterocycles. The molecule has 0 unspecified atom stereocenters. The molecule has 0 spiro atoms. The number of carbonyl (C=O) groups excluding carboxylic acids is 1. The highest BCUT2D eigenvalue weighted by Gasteiger charge is 2.35. The number of amides is 1. The number of aromatic nitrogens is 2. The van der Waals surface area contributed by atoms with Gasteiger partial charge < -0.3 is 28.8 Å². The smallest absolute Gasteiger partial charge is 0.413 e. The molecule has 12 nitrogen and oxygen atoms in total. The van der Waals surface area contributed by atoms with E-state index in [4.69, 9.17) is 18.6 Å². The van der Waals surface area contributed by atoms with E-state index in [1.165, 1.54) is 25.4 Å². The zero-order chi connectivity index (χ0) is 24.4. The van der Waals surface area contributed by atoms with Gasteiger partial charge in [-0.15, -0.1) is 0 Å². The molecule has 3 N–H and O–H groups in total. The van der Waals surface area contributed by atoms with Crippen LogP contribution in [0.15, 0.2) is 48.9 Å². The first-order valence-electron chi connectivity index (χ1n) is 10.1. The maximum Gasteiger partial charge on any atom is 0.413 e. The van der Waals surface area contributed by atoms with Crippen LogP contribution in [0.3, 0.4) is 0 Å². The highest BCUT2D eigenvalue weighted by molar-refractivity contribution is 9.10. The number of aliphatic hydroxyl groups is 2. The lowest BCUT2D eigenvalue weighted by Crippen LogP contribution is -2.28. The number of nitrogens with one attached hydrogen (secondary N) is 1. The van der Waals surface area contributed by atoms with Gasteiger partial charge in [-0.05, 0) is 28.1 Å². The van der Waals surface area contributed by atoms with E-state index < -0.39 is 35.8 Å². The first kappa shape index (κ1) is 23.9. The van der Waals surface area contributed by atoms with Gasteiger partial charge in [0.15, 0.2) is 0 Å². The Labute approximate surface area is 199 Å². The summed E-state index contributed by atoms with van der Waals surface area (Å²) in [5.41, 5.74) is -0.675. The van der Waals surface area contributed by atoms with Crippen LogP contribution < -0.4 is 21.4 Å². The van der Waals surface area contributed by atoms with Crippen LogP contribution in [0, 0.1) is 0 Å². The lowest BCUT2D eigenvalue weighted by atomic mass is 10.1. The summed E-state index contributed by atoms with van der Waals surface area (Å²) < 4.78 is 22.8. The lowest BCUT2D eigenvalue weighted by Gasteiger charge is -2.14. The molecule has 1 aliphatic rings. The van der Waals surface area contributed by atoms with Gasteiger partial charge in [-0.1, -0.05) is 0 Å². The average Bonchev–Trinajstić information content (AvgIpc) is 3.17. The molecule has 0 bridgehead atoms. The van der Waals surface area contributed by atoms with Crippen LogP contribution in [0.5, 0.6) is 5.75 Å². The normalized spacial score (nSPS) is 19.8. The van der Waals surface area contributed by atoms with Crippen LogP contribution in [0.2, 0.25) is 0 Å². The molecule has 1 aromatic carbocycles. The predicted molar refractivity (Wildman–Crippen MR) is 121 cm³/mol. The van der Waals surface area contributed by atoms with Gasteiger partial charge in [0.2, 0.25) is 0 Å². The number of ether oxygens (including phenoxy) is 3. The van der Waals surface area contributed by atoms with Crippen LogP contribution >= 0.6 is 15.9 Å². The fourth-order valence-electron chi connectivity index (χ4n) is 3.54. The summed E-state index contributed by atoms with van der Waals surface area (Å²) in [4.78, 5) is 40.3. The number of aliphatic hydroxyl groups excluding tert-OH is 2. The summed E-state index contributed by atoms with van der Waals surface area (Å²) in [5, 5.41) is 21.9. The van der Waals surface area contributed by atoms with Crippen LogP contribution in [0.1, 0.15) is 18.2 Å². The van der Waals surface area contributed by atoms with Crippen molar-refractivity contribution in [2.75, 3.05) is 19.0 Å². The summed E-state index contributed by atoms with van der Waals surface area (Å²) in [6.07, 6.45) is -1.92. The molecule has 1 aliphatic heterocycles. The second-order valence-corrected chi connectivity index (χ2v) is 8.25. The van der Waals surface area contributed by atoms with E-state index in [9.17, 15) is 24.6 Å². The monoisotopic (exact) mass is 537 g/mol. The third-order valence-corrected chi connectivity index (χ3v) is 5.84. The molecular formula is C21H20BrN3O9. The van der Waals surface area contributed by atoms with E-state index in [1.54, 1.807) is 12.1 Å². The van der Waals surface area contributed by atoms with Gasteiger partial charge in [0, 0.05) is 35.7 Å². The predicted octanol–water partition coefficient (Wildman–Crippen LogP) is 1.51. The molecule has 3 aromatic rings. The first-order chi connectivity index (χ1) is 16.3. The number of carbonyl (C=O) groups is 1. The first-order valence-corrected chi connectivity index (χ1v) is 10.9. The van der Waals surface area contributed by atoms with Crippen molar-refractivity contribution in [1.29, 1.82) is 0 Å². The molecule has 180 valence electrons. The molecule has 0 radical (unpaired) electrons. The van der Waals surface area contributed by atoms with Gasteiger partial charge >= 0.3 is 17.4 Å². The highest BCUT2D eigenvalue weighted by Crippen LogP contribution is 2.31. The number of halogens is 1. The van der Waals surface area contributed by atoms with Crippen LogP contribution in [0.25, 0.3) is 11.0 Å².